The number of imide groups is 1. The summed E-state index contributed by atoms with van der Waals surface area (Å²) in [6, 6.07) is 9.32. The summed E-state index contributed by atoms with van der Waals surface area (Å²) in [5, 5.41) is 2.90. The Hall–Kier alpha value is -3.24. The fourth-order valence-electron chi connectivity index (χ4n) is 4.05. The van der Waals surface area contributed by atoms with E-state index in [0.29, 0.717) is 32.1 Å². The maximum absolute atomic E-state index is 12.8. The highest BCUT2D eigenvalue weighted by Crippen LogP contribution is 2.32. The molecule has 2 aliphatic heterocycles. The molecule has 2 aliphatic rings. The van der Waals surface area contributed by atoms with Gasteiger partial charge in [-0.3, -0.25) is 28.6 Å². The van der Waals surface area contributed by atoms with Crippen molar-refractivity contribution in [2.75, 3.05) is 13.1 Å². The number of nitrogens with zero attached hydrogens (tertiary/aromatic N) is 3. The molecule has 3 amide bonds. The Labute approximate surface area is 197 Å². The van der Waals surface area contributed by atoms with E-state index in [1.54, 1.807) is 17.6 Å². The second-order valence-electron chi connectivity index (χ2n) is 7.82. The molecular weight excluding hydrogens is 460 g/mol. The van der Waals surface area contributed by atoms with Crippen LogP contribution in [0.3, 0.4) is 0 Å². The van der Waals surface area contributed by atoms with Crippen LogP contribution >= 0.6 is 23.1 Å². The van der Waals surface area contributed by atoms with Crippen molar-refractivity contribution in [3.05, 3.63) is 67.4 Å². The molecule has 1 aromatic carbocycles. The summed E-state index contributed by atoms with van der Waals surface area (Å²) in [7, 11) is 0. The van der Waals surface area contributed by atoms with E-state index in [2.05, 4.69) is 10.3 Å². The van der Waals surface area contributed by atoms with Gasteiger partial charge in [-0.25, -0.2) is 4.98 Å². The van der Waals surface area contributed by atoms with Crippen LogP contribution in [0.5, 0.6) is 0 Å². The quantitative estimate of drug-likeness (QED) is 0.563. The minimum Gasteiger partial charge on any atom is -0.350 e. The first-order valence-electron chi connectivity index (χ1n) is 10.6. The largest absolute Gasteiger partial charge is 0.350 e. The number of hydrogen-bond donors (Lipinski definition) is 1. The monoisotopic (exact) mass is 480 g/mol. The van der Waals surface area contributed by atoms with Gasteiger partial charge in [-0.2, -0.15) is 0 Å². The fraction of sp³-hybridized carbons (Fsp3) is 0.261. The Kier molecular flexibility index (Phi) is 5.63. The van der Waals surface area contributed by atoms with Gasteiger partial charge < -0.3 is 5.32 Å². The van der Waals surface area contributed by atoms with Gasteiger partial charge in [0.15, 0.2) is 0 Å². The topological polar surface area (TPSA) is 101 Å². The minimum absolute atomic E-state index is 0.0711. The molecule has 0 unspecified atom stereocenters. The molecule has 3 aromatic rings. The number of fused-ring (bicyclic) bond motifs is 2. The number of thioether (sulfide) groups is 1. The van der Waals surface area contributed by atoms with E-state index < -0.39 is 0 Å². The summed E-state index contributed by atoms with van der Waals surface area (Å²) < 4.78 is 1.69. The molecule has 0 radical (unpaired) electrons. The van der Waals surface area contributed by atoms with Gasteiger partial charge in [-0.1, -0.05) is 30.3 Å². The van der Waals surface area contributed by atoms with Gasteiger partial charge in [0.25, 0.3) is 22.6 Å². The second kappa shape index (κ2) is 8.60. The van der Waals surface area contributed by atoms with Crippen molar-refractivity contribution in [1.82, 2.24) is 19.8 Å². The lowest BCUT2D eigenvalue weighted by molar-refractivity contribution is -0.122. The van der Waals surface area contributed by atoms with Gasteiger partial charge >= 0.3 is 0 Å². The first-order valence-corrected chi connectivity index (χ1v) is 12.2. The average molecular weight is 481 g/mol. The number of carbonyl (C=O) groups excluding carboxylic acids is 3. The van der Waals surface area contributed by atoms with Crippen LogP contribution in [-0.2, 0) is 17.8 Å². The Morgan fingerprint density at radius 1 is 1.21 bits per heavy atom. The van der Waals surface area contributed by atoms with Crippen LogP contribution in [0.25, 0.3) is 16.3 Å². The second-order valence-corrected chi connectivity index (χ2v) is 9.82. The van der Waals surface area contributed by atoms with Crippen LogP contribution in [0.1, 0.15) is 33.0 Å². The highest BCUT2D eigenvalue weighted by molar-refractivity contribution is 8.18. The van der Waals surface area contributed by atoms with Gasteiger partial charge in [-0.05, 0) is 42.3 Å². The molecule has 0 atom stereocenters. The molecule has 0 bridgehead atoms. The smallest absolute Gasteiger partial charge is 0.293 e. The summed E-state index contributed by atoms with van der Waals surface area (Å²) >= 11 is 2.09. The third-order valence-electron chi connectivity index (χ3n) is 5.71. The highest BCUT2D eigenvalue weighted by atomic mass is 32.2. The van der Waals surface area contributed by atoms with E-state index in [1.165, 1.54) is 11.3 Å². The zero-order valence-electron chi connectivity index (χ0n) is 17.8. The van der Waals surface area contributed by atoms with Crippen LogP contribution in [0.4, 0.5) is 4.79 Å². The Balaban J connectivity index is 1.27. The van der Waals surface area contributed by atoms with E-state index >= 15 is 0 Å². The Morgan fingerprint density at radius 2 is 2.00 bits per heavy atom. The maximum Gasteiger partial charge on any atom is 0.293 e. The first kappa shape index (κ1) is 21.6. The highest BCUT2D eigenvalue weighted by Gasteiger charge is 2.34. The van der Waals surface area contributed by atoms with Crippen molar-refractivity contribution in [2.45, 2.75) is 26.3 Å². The first-order chi connectivity index (χ1) is 15.9. The minimum atomic E-state index is -0.368. The van der Waals surface area contributed by atoms with Gasteiger partial charge in [-0.15, -0.1) is 11.3 Å². The van der Waals surface area contributed by atoms with E-state index in [-0.39, 0.29) is 35.7 Å². The number of thiophene rings is 1. The predicted molar refractivity (Wildman–Crippen MR) is 128 cm³/mol. The van der Waals surface area contributed by atoms with Crippen LogP contribution in [0.15, 0.2) is 40.0 Å². The zero-order chi connectivity index (χ0) is 23.1. The van der Waals surface area contributed by atoms with Gasteiger partial charge in [0.2, 0.25) is 0 Å². The lowest BCUT2D eigenvalue weighted by atomic mass is 10.2. The van der Waals surface area contributed by atoms with Crippen LogP contribution in [0, 0.1) is 6.92 Å². The number of carbonyl (C=O) groups is 3. The summed E-state index contributed by atoms with van der Waals surface area (Å²) in [4.78, 5) is 57.6. The molecule has 0 saturated carbocycles. The van der Waals surface area contributed by atoms with Crippen LogP contribution in [-0.4, -0.2) is 44.6 Å². The molecule has 2 aromatic heterocycles. The van der Waals surface area contributed by atoms with Gasteiger partial charge in [0.05, 0.1) is 15.2 Å². The number of nitrogens with one attached hydrogen (secondary N) is 1. The van der Waals surface area contributed by atoms with Crippen molar-refractivity contribution in [3.8, 4) is 0 Å². The number of hydrogen-bond acceptors (Lipinski definition) is 7. The number of rotatable bonds is 5. The predicted octanol–water partition coefficient (Wildman–Crippen LogP) is 3.18. The average Bonchev–Trinajstić information content (AvgIpc) is 3.47. The van der Waals surface area contributed by atoms with Crippen molar-refractivity contribution in [1.29, 1.82) is 0 Å². The molecule has 1 saturated heterocycles. The Bertz CT molecular complexity index is 1390. The van der Waals surface area contributed by atoms with E-state index in [4.69, 9.17) is 0 Å². The van der Waals surface area contributed by atoms with Crippen LogP contribution < -0.4 is 10.9 Å². The van der Waals surface area contributed by atoms with Gasteiger partial charge in [0.1, 0.15) is 10.7 Å². The summed E-state index contributed by atoms with van der Waals surface area (Å²) in [6.07, 6.45) is 3.35. The molecule has 168 valence electrons. The number of aryl methyl sites for hydroxylation is 2. The lowest BCUT2D eigenvalue weighted by Gasteiger charge is -2.12. The third kappa shape index (κ3) is 3.89. The van der Waals surface area contributed by atoms with E-state index in [1.807, 2.05) is 30.3 Å². The molecule has 1 N–H and O–H groups in total. The zero-order valence-corrected chi connectivity index (χ0v) is 19.4. The van der Waals surface area contributed by atoms with E-state index in [0.717, 1.165) is 40.9 Å². The lowest BCUT2D eigenvalue weighted by Crippen LogP contribution is -2.37. The number of aromatic nitrogens is 2. The molecule has 1 fully saturated rings. The summed E-state index contributed by atoms with van der Waals surface area (Å²) in [5.74, 6) is 0.0587. The van der Waals surface area contributed by atoms with Crippen molar-refractivity contribution < 1.29 is 14.4 Å². The molecule has 33 heavy (non-hydrogen) atoms. The van der Waals surface area contributed by atoms with Crippen molar-refractivity contribution >= 4 is 56.4 Å². The summed E-state index contributed by atoms with van der Waals surface area (Å²) in [6.45, 7) is 2.60. The van der Waals surface area contributed by atoms with Crippen molar-refractivity contribution in [2.24, 2.45) is 0 Å². The normalized spacial score (nSPS) is 16.8. The molecule has 0 aliphatic carbocycles. The molecule has 0 spiro atoms. The molecular formula is C23H20N4O4S2. The molecule has 4 heterocycles. The maximum atomic E-state index is 12.8. The number of benzene rings is 1. The SMILES string of the molecule is Cc1c(C(=O)NCCN2C(=O)SC(=Cc3ccccc3)C2=O)sc2nc3n(c(=O)c12)CCC3. The Morgan fingerprint density at radius 3 is 2.79 bits per heavy atom. The standard InChI is InChI=1S/C23H20N4O4S2/c1-13-17-20(25-16-8-5-10-26(16)22(17)30)33-18(13)19(28)24-9-11-27-21(29)15(32-23(27)31)12-14-6-3-2-4-7-14/h2-4,6-7,12H,5,8-11H2,1H3,(H,24,28). The van der Waals surface area contributed by atoms with Gasteiger partial charge in [0, 0.05) is 26.1 Å². The molecule has 10 heteroatoms. The third-order valence-corrected chi connectivity index (χ3v) is 7.80. The summed E-state index contributed by atoms with van der Waals surface area (Å²) in [5.41, 5.74) is 1.36. The van der Waals surface area contributed by atoms with E-state index in [9.17, 15) is 19.2 Å². The fourth-order valence-corrected chi connectivity index (χ4v) is 6.02. The molecule has 5 rings (SSSR count). The molecule has 8 nitrogen and oxygen atoms in total. The number of amides is 3. The van der Waals surface area contributed by atoms with Crippen LogP contribution in [0.2, 0.25) is 0 Å². The van der Waals surface area contributed by atoms with Crippen molar-refractivity contribution in [3.63, 3.8) is 0 Å².